The number of hydrogen-bond donors (Lipinski definition) is 2. The predicted octanol–water partition coefficient (Wildman–Crippen LogP) is 4.63. The number of halogens is 1. The number of nitrogens with one attached hydrogen (secondary N) is 2. The summed E-state index contributed by atoms with van der Waals surface area (Å²) in [6.45, 7) is 1.85. The largest absolute Gasteiger partial charge is 0.324 e. The fourth-order valence-electron chi connectivity index (χ4n) is 2.47. The highest BCUT2D eigenvalue weighted by molar-refractivity contribution is 8.00. The number of fused-ring (bicyclic) bond motifs is 2. The molecule has 1 atom stereocenters. The lowest BCUT2D eigenvalue weighted by Gasteiger charge is -2.21. The van der Waals surface area contributed by atoms with Crippen LogP contribution in [0.15, 0.2) is 41.3 Å². The van der Waals surface area contributed by atoms with E-state index >= 15 is 0 Å². The van der Waals surface area contributed by atoms with Crippen LogP contribution in [0.1, 0.15) is 17.3 Å². The Labute approximate surface area is 156 Å². The quantitative estimate of drug-likeness (QED) is 0.670. The molecule has 0 fully saturated rings. The van der Waals surface area contributed by atoms with Crippen molar-refractivity contribution in [1.82, 2.24) is 4.98 Å². The highest BCUT2D eigenvalue weighted by Gasteiger charge is 2.24. The minimum Gasteiger partial charge on any atom is -0.324 e. The Morgan fingerprint density at radius 3 is 2.96 bits per heavy atom. The monoisotopic (exact) mass is 389 g/mol. The summed E-state index contributed by atoms with van der Waals surface area (Å²) in [7, 11) is 0. The molecular weight excluding hydrogens is 378 g/mol. The van der Waals surface area contributed by atoms with Gasteiger partial charge in [-0.15, -0.1) is 11.8 Å². The molecule has 0 saturated heterocycles. The number of thioether (sulfide) groups is 1. The minimum atomic E-state index is -0.272. The molecule has 0 aliphatic carbocycles. The third-order valence-electron chi connectivity index (χ3n) is 3.74. The molecule has 25 heavy (non-hydrogen) atoms. The number of anilines is 2. The van der Waals surface area contributed by atoms with Gasteiger partial charge in [0.05, 0.1) is 21.2 Å². The van der Waals surface area contributed by atoms with Crippen LogP contribution >= 0.6 is 34.7 Å². The topological polar surface area (TPSA) is 71.1 Å². The number of amides is 2. The Bertz CT molecular complexity index is 1020. The Hall–Kier alpha value is -2.09. The van der Waals surface area contributed by atoms with Crippen molar-refractivity contribution in [3.05, 3.63) is 47.0 Å². The van der Waals surface area contributed by atoms with Crippen LogP contribution in [0.3, 0.4) is 0 Å². The lowest BCUT2D eigenvalue weighted by atomic mass is 10.2. The summed E-state index contributed by atoms with van der Waals surface area (Å²) >= 11 is 8.82. The maximum absolute atomic E-state index is 12.5. The molecule has 3 aromatic rings. The Kier molecular flexibility index (Phi) is 4.15. The van der Waals surface area contributed by atoms with Crippen LogP contribution in [-0.4, -0.2) is 22.0 Å². The molecule has 0 radical (unpaired) electrons. The number of rotatable bonds is 2. The Balaban J connectivity index is 1.58. The Morgan fingerprint density at radius 1 is 1.28 bits per heavy atom. The molecule has 1 aliphatic heterocycles. The number of benzene rings is 2. The molecule has 5 nitrogen and oxygen atoms in total. The van der Waals surface area contributed by atoms with Crippen molar-refractivity contribution in [2.24, 2.45) is 0 Å². The molecule has 2 amide bonds. The van der Waals surface area contributed by atoms with Crippen molar-refractivity contribution in [3.63, 3.8) is 0 Å². The first-order valence-electron chi connectivity index (χ1n) is 7.48. The third-order valence-corrected chi connectivity index (χ3v) is 6.09. The summed E-state index contributed by atoms with van der Waals surface area (Å²) in [5, 5.41) is 6.63. The molecular formula is C17H12ClN3O2S2. The van der Waals surface area contributed by atoms with E-state index in [4.69, 9.17) is 11.6 Å². The number of carbonyl (C=O) groups is 2. The van der Waals surface area contributed by atoms with Gasteiger partial charge in [-0.2, -0.15) is 0 Å². The second kappa shape index (κ2) is 6.33. The second-order valence-corrected chi connectivity index (χ2v) is 8.40. The SMILES string of the molecule is CC1Sc2ccc(C(=O)Nc3nc4ccc(Cl)cc4s3)cc2NC1=O. The van der Waals surface area contributed by atoms with Gasteiger partial charge in [-0.05, 0) is 43.3 Å². The number of aromatic nitrogens is 1. The standard InChI is InChI=1S/C17H12ClN3O2S2/c1-8-15(22)19-12-6-9(2-5-13(12)24-8)16(23)21-17-20-11-4-3-10(18)7-14(11)25-17/h2-8H,1H3,(H,19,22)(H,20,21,23). The van der Waals surface area contributed by atoms with Gasteiger partial charge in [-0.3, -0.25) is 14.9 Å². The molecule has 2 aromatic carbocycles. The lowest BCUT2D eigenvalue weighted by Crippen LogP contribution is -2.26. The van der Waals surface area contributed by atoms with Crippen molar-refractivity contribution in [2.75, 3.05) is 10.6 Å². The fraction of sp³-hybridized carbons (Fsp3) is 0.118. The van der Waals surface area contributed by atoms with Gasteiger partial charge >= 0.3 is 0 Å². The maximum atomic E-state index is 12.5. The summed E-state index contributed by atoms with van der Waals surface area (Å²) in [6, 6.07) is 10.7. The molecule has 8 heteroatoms. The molecule has 4 rings (SSSR count). The van der Waals surface area contributed by atoms with Crippen molar-refractivity contribution >= 4 is 67.5 Å². The van der Waals surface area contributed by atoms with E-state index in [1.807, 2.05) is 25.1 Å². The van der Waals surface area contributed by atoms with Crippen LogP contribution < -0.4 is 10.6 Å². The van der Waals surface area contributed by atoms with E-state index in [2.05, 4.69) is 15.6 Å². The second-order valence-electron chi connectivity index (χ2n) is 5.55. The number of carbonyl (C=O) groups excluding carboxylic acids is 2. The van der Waals surface area contributed by atoms with E-state index < -0.39 is 0 Å². The van der Waals surface area contributed by atoms with Gasteiger partial charge in [-0.1, -0.05) is 22.9 Å². The summed E-state index contributed by atoms with van der Waals surface area (Å²) < 4.78 is 0.908. The molecule has 1 unspecified atom stereocenters. The van der Waals surface area contributed by atoms with Gasteiger partial charge in [0.2, 0.25) is 5.91 Å². The summed E-state index contributed by atoms with van der Waals surface area (Å²) in [5.41, 5.74) is 1.91. The van der Waals surface area contributed by atoms with Gasteiger partial charge in [0.15, 0.2) is 5.13 Å². The van der Waals surface area contributed by atoms with E-state index in [0.29, 0.717) is 21.4 Å². The van der Waals surface area contributed by atoms with E-state index in [1.54, 1.807) is 18.2 Å². The number of nitrogens with zero attached hydrogens (tertiary/aromatic N) is 1. The van der Waals surface area contributed by atoms with E-state index in [-0.39, 0.29) is 17.1 Å². The fourth-order valence-corrected chi connectivity index (χ4v) is 4.54. The average Bonchev–Trinajstić information content (AvgIpc) is 2.96. The zero-order valence-corrected chi connectivity index (χ0v) is 15.4. The number of thiazole rings is 1. The third kappa shape index (κ3) is 3.22. The van der Waals surface area contributed by atoms with Crippen molar-refractivity contribution in [1.29, 1.82) is 0 Å². The number of hydrogen-bond acceptors (Lipinski definition) is 5. The van der Waals surface area contributed by atoms with Crippen molar-refractivity contribution in [3.8, 4) is 0 Å². The van der Waals surface area contributed by atoms with E-state index in [0.717, 1.165) is 15.1 Å². The van der Waals surface area contributed by atoms with Gasteiger partial charge < -0.3 is 5.32 Å². The molecule has 126 valence electrons. The summed E-state index contributed by atoms with van der Waals surface area (Å²) in [5.74, 6) is -0.330. The zero-order valence-electron chi connectivity index (χ0n) is 13.0. The van der Waals surface area contributed by atoms with Gasteiger partial charge in [0, 0.05) is 15.5 Å². The summed E-state index contributed by atoms with van der Waals surface area (Å²) in [6.07, 6.45) is 0. The smallest absolute Gasteiger partial charge is 0.257 e. The predicted molar refractivity (Wildman–Crippen MR) is 103 cm³/mol. The van der Waals surface area contributed by atoms with Crippen LogP contribution in [-0.2, 0) is 4.79 Å². The van der Waals surface area contributed by atoms with Crippen LogP contribution in [0.5, 0.6) is 0 Å². The molecule has 2 N–H and O–H groups in total. The van der Waals surface area contributed by atoms with Crippen LogP contribution in [0, 0.1) is 0 Å². The first kappa shape index (κ1) is 16.4. The highest BCUT2D eigenvalue weighted by atomic mass is 35.5. The summed E-state index contributed by atoms with van der Waals surface area (Å²) in [4.78, 5) is 29.6. The Morgan fingerprint density at radius 2 is 2.12 bits per heavy atom. The maximum Gasteiger partial charge on any atom is 0.257 e. The molecule has 0 spiro atoms. The van der Waals surface area contributed by atoms with Gasteiger partial charge in [-0.25, -0.2) is 4.98 Å². The first-order valence-corrected chi connectivity index (χ1v) is 9.56. The van der Waals surface area contributed by atoms with Crippen LogP contribution in [0.4, 0.5) is 10.8 Å². The lowest BCUT2D eigenvalue weighted by molar-refractivity contribution is -0.115. The van der Waals surface area contributed by atoms with Crippen LogP contribution in [0.2, 0.25) is 5.02 Å². The first-order chi connectivity index (χ1) is 12.0. The highest BCUT2D eigenvalue weighted by Crippen LogP contribution is 2.36. The molecule has 0 saturated carbocycles. The normalized spacial score (nSPS) is 16.4. The molecule has 1 aliphatic rings. The van der Waals surface area contributed by atoms with Crippen LogP contribution in [0.25, 0.3) is 10.2 Å². The van der Waals surface area contributed by atoms with Gasteiger partial charge in [0.1, 0.15) is 0 Å². The van der Waals surface area contributed by atoms with Crippen molar-refractivity contribution in [2.45, 2.75) is 17.1 Å². The zero-order chi connectivity index (χ0) is 17.6. The minimum absolute atomic E-state index is 0.0573. The van der Waals surface area contributed by atoms with E-state index in [9.17, 15) is 9.59 Å². The van der Waals surface area contributed by atoms with Gasteiger partial charge in [0.25, 0.3) is 5.91 Å². The molecule has 2 heterocycles. The molecule has 1 aromatic heterocycles. The van der Waals surface area contributed by atoms with E-state index in [1.165, 1.54) is 23.1 Å². The van der Waals surface area contributed by atoms with Crippen molar-refractivity contribution < 1.29 is 9.59 Å². The molecule has 0 bridgehead atoms. The average molecular weight is 390 g/mol.